The first-order valence-electron chi connectivity index (χ1n) is 4.92. The fourth-order valence-corrected chi connectivity index (χ4v) is 2.47. The number of nitrogens with zero attached hydrogens (tertiary/aromatic N) is 1. The Hall–Kier alpha value is -0.660. The largest absolute Gasteiger partial charge is 0.491 e. The van der Waals surface area contributed by atoms with Crippen LogP contribution in [0.5, 0.6) is 5.75 Å². The lowest BCUT2D eigenvalue weighted by atomic mass is 10.2. The number of nitro benzene ring substituents is 1. The molecule has 0 amide bonds. The highest BCUT2D eigenvalue weighted by atomic mass is 79.9. The summed E-state index contributed by atoms with van der Waals surface area (Å²) in [6.45, 7) is 2.96. The Morgan fingerprint density at radius 2 is 2.00 bits per heavy atom. The van der Waals surface area contributed by atoms with Crippen LogP contribution < -0.4 is 10.5 Å². The van der Waals surface area contributed by atoms with Gasteiger partial charge < -0.3 is 10.5 Å². The summed E-state index contributed by atoms with van der Waals surface area (Å²) >= 11 is 6.50. The van der Waals surface area contributed by atoms with Gasteiger partial charge in [0.1, 0.15) is 5.75 Å². The molecule has 1 rings (SSSR count). The quantitative estimate of drug-likeness (QED) is 0.640. The maximum absolute atomic E-state index is 10.6. The Kier molecular flexibility index (Phi) is 5.35. The zero-order valence-electron chi connectivity index (χ0n) is 9.15. The van der Waals surface area contributed by atoms with Gasteiger partial charge in [0, 0.05) is 18.1 Å². The molecule has 7 heteroatoms. The predicted octanol–water partition coefficient (Wildman–Crippen LogP) is 3.09. The van der Waals surface area contributed by atoms with Gasteiger partial charge in [0.25, 0.3) is 5.69 Å². The van der Waals surface area contributed by atoms with E-state index in [1.54, 1.807) is 0 Å². The number of non-ortho nitro benzene ring substituents is 1. The van der Waals surface area contributed by atoms with Gasteiger partial charge >= 0.3 is 0 Å². The molecule has 0 aliphatic rings. The smallest absolute Gasteiger partial charge is 0.271 e. The molecule has 0 heterocycles. The molecule has 1 aromatic carbocycles. The van der Waals surface area contributed by atoms with E-state index in [-0.39, 0.29) is 11.6 Å². The standard InChI is InChI=1S/C10H12Br2N2O3/c1-6(4-13)5-17-10-8(11)2-7(14(15)16)3-9(10)12/h2-3,6H,4-5,13H2,1H3. The summed E-state index contributed by atoms with van der Waals surface area (Å²) in [4.78, 5) is 10.2. The third-order valence-electron chi connectivity index (χ3n) is 2.11. The molecule has 2 N–H and O–H groups in total. The summed E-state index contributed by atoms with van der Waals surface area (Å²) in [6.07, 6.45) is 0. The van der Waals surface area contributed by atoms with Gasteiger partial charge in [-0.15, -0.1) is 0 Å². The zero-order chi connectivity index (χ0) is 13.0. The number of nitro groups is 1. The van der Waals surface area contributed by atoms with Gasteiger partial charge in [0.2, 0.25) is 0 Å². The van der Waals surface area contributed by atoms with Crippen molar-refractivity contribution in [2.24, 2.45) is 11.7 Å². The van der Waals surface area contributed by atoms with Crippen LogP contribution in [0.1, 0.15) is 6.92 Å². The molecule has 5 nitrogen and oxygen atoms in total. The Balaban J connectivity index is 2.90. The lowest BCUT2D eigenvalue weighted by Gasteiger charge is -2.13. The number of nitrogens with two attached hydrogens (primary N) is 1. The maximum Gasteiger partial charge on any atom is 0.271 e. The number of rotatable bonds is 5. The highest BCUT2D eigenvalue weighted by Crippen LogP contribution is 2.37. The average molecular weight is 368 g/mol. The minimum absolute atomic E-state index is 0.00275. The van der Waals surface area contributed by atoms with Crippen LogP contribution in [0.2, 0.25) is 0 Å². The molecule has 1 aromatic rings. The fraction of sp³-hybridized carbons (Fsp3) is 0.400. The van der Waals surface area contributed by atoms with E-state index in [1.165, 1.54) is 12.1 Å². The number of halogens is 2. The van der Waals surface area contributed by atoms with Crippen LogP contribution >= 0.6 is 31.9 Å². The summed E-state index contributed by atoms with van der Waals surface area (Å²) in [7, 11) is 0. The molecule has 1 unspecified atom stereocenters. The van der Waals surface area contributed by atoms with Crippen molar-refractivity contribution in [1.29, 1.82) is 0 Å². The van der Waals surface area contributed by atoms with E-state index in [0.29, 0.717) is 27.8 Å². The maximum atomic E-state index is 10.6. The van der Waals surface area contributed by atoms with Crippen molar-refractivity contribution < 1.29 is 9.66 Å². The summed E-state index contributed by atoms with van der Waals surface area (Å²) in [5.74, 6) is 0.778. The van der Waals surface area contributed by atoms with Gasteiger partial charge in [-0.3, -0.25) is 10.1 Å². The minimum Gasteiger partial charge on any atom is -0.491 e. The number of ether oxygens (including phenoxy) is 1. The Bertz CT molecular complexity index is 403. The first-order valence-corrected chi connectivity index (χ1v) is 6.50. The third-order valence-corrected chi connectivity index (χ3v) is 3.29. The topological polar surface area (TPSA) is 78.4 Å². The second kappa shape index (κ2) is 6.32. The third kappa shape index (κ3) is 3.93. The van der Waals surface area contributed by atoms with Crippen molar-refractivity contribution in [3.05, 3.63) is 31.2 Å². The highest BCUT2D eigenvalue weighted by Gasteiger charge is 2.15. The summed E-state index contributed by atoms with van der Waals surface area (Å²) in [5.41, 5.74) is 5.49. The van der Waals surface area contributed by atoms with Gasteiger partial charge in [-0.2, -0.15) is 0 Å². The average Bonchev–Trinajstić information content (AvgIpc) is 2.27. The molecular weight excluding hydrogens is 356 g/mol. The van der Waals surface area contributed by atoms with Crippen molar-refractivity contribution in [1.82, 2.24) is 0 Å². The van der Waals surface area contributed by atoms with Crippen LogP contribution in [0, 0.1) is 16.0 Å². The summed E-state index contributed by atoms with van der Waals surface area (Å²) in [5, 5.41) is 10.6. The summed E-state index contributed by atoms with van der Waals surface area (Å²) in [6, 6.07) is 2.82. The van der Waals surface area contributed by atoms with Gasteiger partial charge in [0.15, 0.2) is 0 Å². The first-order chi connectivity index (χ1) is 7.95. The second-order valence-corrected chi connectivity index (χ2v) is 5.36. The molecule has 17 heavy (non-hydrogen) atoms. The minimum atomic E-state index is -0.457. The van der Waals surface area contributed by atoms with Crippen LogP contribution in [-0.2, 0) is 0 Å². The van der Waals surface area contributed by atoms with E-state index in [0.717, 1.165) is 0 Å². The van der Waals surface area contributed by atoms with Gasteiger partial charge in [-0.05, 0) is 38.4 Å². The summed E-state index contributed by atoms with van der Waals surface area (Å²) < 4.78 is 6.65. The van der Waals surface area contributed by atoms with Crippen molar-refractivity contribution in [3.63, 3.8) is 0 Å². The molecule has 0 aromatic heterocycles. The Labute approximate surface area is 116 Å². The van der Waals surface area contributed by atoms with Crippen LogP contribution in [0.15, 0.2) is 21.1 Å². The van der Waals surface area contributed by atoms with Crippen molar-refractivity contribution in [2.45, 2.75) is 6.92 Å². The second-order valence-electron chi connectivity index (χ2n) is 3.65. The normalized spacial score (nSPS) is 12.2. The predicted molar refractivity (Wildman–Crippen MR) is 72.2 cm³/mol. The molecule has 0 radical (unpaired) electrons. The van der Waals surface area contributed by atoms with E-state index >= 15 is 0 Å². The van der Waals surface area contributed by atoms with Gasteiger partial charge in [0.05, 0.1) is 20.5 Å². The molecule has 0 fully saturated rings. The van der Waals surface area contributed by atoms with Crippen LogP contribution in [0.25, 0.3) is 0 Å². The van der Waals surface area contributed by atoms with E-state index < -0.39 is 4.92 Å². The number of hydrogen-bond donors (Lipinski definition) is 1. The van der Waals surface area contributed by atoms with Crippen molar-refractivity contribution in [2.75, 3.05) is 13.2 Å². The van der Waals surface area contributed by atoms with Crippen LogP contribution in [0.3, 0.4) is 0 Å². The lowest BCUT2D eigenvalue weighted by Crippen LogP contribution is -2.18. The number of hydrogen-bond acceptors (Lipinski definition) is 4. The van der Waals surface area contributed by atoms with Crippen LogP contribution in [0.4, 0.5) is 5.69 Å². The van der Waals surface area contributed by atoms with Gasteiger partial charge in [-0.25, -0.2) is 0 Å². The Morgan fingerprint density at radius 1 is 1.47 bits per heavy atom. The highest BCUT2D eigenvalue weighted by molar-refractivity contribution is 9.11. The molecule has 94 valence electrons. The van der Waals surface area contributed by atoms with Crippen molar-refractivity contribution in [3.8, 4) is 5.75 Å². The molecule has 0 aliphatic heterocycles. The zero-order valence-corrected chi connectivity index (χ0v) is 12.3. The SMILES string of the molecule is CC(CN)COc1c(Br)cc([N+](=O)[O-])cc1Br. The van der Waals surface area contributed by atoms with E-state index in [9.17, 15) is 10.1 Å². The fourth-order valence-electron chi connectivity index (χ4n) is 1.08. The molecule has 0 saturated carbocycles. The molecule has 0 bridgehead atoms. The van der Waals surface area contributed by atoms with Gasteiger partial charge in [-0.1, -0.05) is 6.92 Å². The Morgan fingerprint density at radius 3 is 2.41 bits per heavy atom. The van der Waals surface area contributed by atoms with E-state index in [2.05, 4.69) is 31.9 Å². The number of benzene rings is 1. The molecule has 0 saturated heterocycles. The molecule has 0 spiro atoms. The molecular formula is C10H12Br2N2O3. The molecule has 0 aliphatic carbocycles. The van der Waals surface area contributed by atoms with E-state index in [4.69, 9.17) is 10.5 Å². The molecule has 1 atom stereocenters. The lowest BCUT2D eigenvalue weighted by molar-refractivity contribution is -0.385. The first kappa shape index (κ1) is 14.4. The van der Waals surface area contributed by atoms with Crippen LogP contribution in [-0.4, -0.2) is 18.1 Å². The van der Waals surface area contributed by atoms with Crippen molar-refractivity contribution >= 4 is 37.5 Å². The monoisotopic (exact) mass is 366 g/mol. The van der Waals surface area contributed by atoms with E-state index in [1.807, 2.05) is 6.92 Å².